The third-order valence-corrected chi connectivity index (χ3v) is 5.79. The molecule has 1 aliphatic heterocycles. The number of nitrogens with one attached hydrogen (secondary N) is 2. The summed E-state index contributed by atoms with van der Waals surface area (Å²) < 4.78 is 19.5. The van der Waals surface area contributed by atoms with Crippen LogP contribution in [0.3, 0.4) is 0 Å². The predicted molar refractivity (Wildman–Crippen MR) is 129 cm³/mol. The van der Waals surface area contributed by atoms with Gasteiger partial charge in [0.05, 0.1) is 30.1 Å². The Morgan fingerprint density at radius 3 is 2.50 bits per heavy atom. The summed E-state index contributed by atoms with van der Waals surface area (Å²) in [6, 6.07) is 17.2. The quantitative estimate of drug-likeness (QED) is 0.476. The van der Waals surface area contributed by atoms with Crippen LogP contribution in [0.1, 0.15) is 12.8 Å². The zero-order chi connectivity index (χ0) is 24.1. The molecular formula is C25H26FN5O3. The van der Waals surface area contributed by atoms with Crippen molar-refractivity contribution in [2.45, 2.75) is 12.8 Å². The molecule has 1 aliphatic rings. The van der Waals surface area contributed by atoms with Crippen molar-refractivity contribution in [1.82, 2.24) is 9.88 Å². The van der Waals surface area contributed by atoms with Crippen molar-refractivity contribution in [2.24, 2.45) is 5.92 Å². The molecule has 0 spiro atoms. The summed E-state index contributed by atoms with van der Waals surface area (Å²) in [6.07, 6.45) is 1.03. The molecule has 0 aliphatic carbocycles. The monoisotopic (exact) mass is 463 g/mol. The van der Waals surface area contributed by atoms with Crippen molar-refractivity contribution in [1.29, 1.82) is 0 Å². The fraction of sp³-hybridized carbons (Fsp3) is 0.240. The largest absolute Gasteiger partial charge is 0.469 e. The van der Waals surface area contributed by atoms with Crippen LogP contribution in [0.25, 0.3) is 11.3 Å². The van der Waals surface area contributed by atoms with Gasteiger partial charge < -0.3 is 26.0 Å². The van der Waals surface area contributed by atoms with Crippen molar-refractivity contribution in [2.75, 3.05) is 36.6 Å². The Kier molecular flexibility index (Phi) is 6.91. The normalized spacial score (nSPS) is 13.9. The lowest BCUT2D eigenvalue weighted by Gasteiger charge is -2.30. The van der Waals surface area contributed by atoms with Gasteiger partial charge in [-0.2, -0.15) is 0 Å². The molecule has 1 fully saturated rings. The molecule has 1 aromatic heterocycles. The summed E-state index contributed by atoms with van der Waals surface area (Å²) in [5, 5.41) is 5.64. The molecule has 176 valence electrons. The first-order valence-corrected chi connectivity index (χ1v) is 11.0. The highest BCUT2D eigenvalue weighted by molar-refractivity contribution is 5.90. The van der Waals surface area contributed by atoms with Crippen LogP contribution in [-0.4, -0.2) is 42.1 Å². The summed E-state index contributed by atoms with van der Waals surface area (Å²) in [6.45, 7) is 0.797. The van der Waals surface area contributed by atoms with E-state index in [1.807, 2.05) is 36.4 Å². The molecule has 4 rings (SSSR count). The predicted octanol–water partition coefficient (Wildman–Crippen LogP) is 4.63. The summed E-state index contributed by atoms with van der Waals surface area (Å²) in [5.41, 5.74) is 8.66. The highest BCUT2D eigenvalue weighted by atomic mass is 19.1. The minimum atomic E-state index is -0.597. The standard InChI is InChI=1S/C25H26FN5O3/c1-34-24(32)17-11-13-31(14-12-17)25(33)30-22-9-7-18(15-19(22)26)28-23-20(27)8-10-21(29-23)16-5-3-2-4-6-16/h2-10,15,17H,11-14,27H2,1H3,(H,28,29)(H,30,33). The van der Waals surface area contributed by atoms with Crippen LogP contribution in [0.5, 0.6) is 0 Å². The second-order valence-corrected chi connectivity index (χ2v) is 8.03. The molecular weight excluding hydrogens is 437 g/mol. The Morgan fingerprint density at radius 1 is 1.09 bits per heavy atom. The van der Waals surface area contributed by atoms with Gasteiger partial charge in [0, 0.05) is 24.3 Å². The van der Waals surface area contributed by atoms with E-state index in [0.717, 1.165) is 11.3 Å². The highest BCUT2D eigenvalue weighted by Gasteiger charge is 2.28. The molecule has 0 radical (unpaired) electrons. The SMILES string of the molecule is COC(=O)C1CCN(C(=O)Nc2ccc(Nc3nc(-c4ccccc4)ccc3N)cc2F)CC1. The molecule has 0 saturated carbocycles. The Bertz CT molecular complexity index is 1180. The molecule has 0 atom stereocenters. The second-order valence-electron chi connectivity index (χ2n) is 8.03. The molecule has 2 amide bonds. The van der Waals surface area contributed by atoms with Gasteiger partial charge in [-0.3, -0.25) is 4.79 Å². The fourth-order valence-corrected chi connectivity index (χ4v) is 3.85. The number of pyridine rings is 1. The van der Waals surface area contributed by atoms with Gasteiger partial charge in [0.25, 0.3) is 0 Å². The summed E-state index contributed by atoms with van der Waals surface area (Å²) >= 11 is 0. The van der Waals surface area contributed by atoms with Crippen LogP contribution >= 0.6 is 0 Å². The third kappa shape index (κ3) is 5.25. The van der Waals surface area contributed by atoms with Crippen LogP contribution in [0.15, 0.2) is 60.7 Å². The number of rotatable bonds is 5. The van der Waals surface area contributed by atoms with Gasteiger partial charge in [-0.1, -0.05) is 30.3 Å². The minimum absolute atomic E-state index is 0.0598. The smallest absolute Gasteiger partial charge is 0.321 e. The number of amides is 2. The fourth-order valence-electron chi connectivity index (χ4n) is 3.85. The number of methoxy groups -OCH3 is 1. The van der Waals surface area contributed by atoms with Gasteiger partial charge in [0.15, 0.2) is 5.82 Å². The Hall–Kier alpha value is -4.14. The molecule has 34 heavy (non-hydrogen) atoms. The summed E-state index contributed by atoms with van der Waals surface area (Å²) in [7, 11) is 1.35. The van der Waals surface area contributed by atoms with Gasteiger partial charge >= 0.3 is 12.0 Å². The lowest BCUT2D eigenvalue weighted by Crippen LogP contribution is -2.42. The number of nitrogens with zero attached hydrogens (tertiary/aromatic N) is 2. The van der Waals surface area contributed by atoms with E-state index < -0.39 is 11.8 Å². The summed E-state index contributed by atoms with van der Waals surface area (Å²) in [4.78, 5) is 30.3. The number of halogens is 1. The van der Waals surface area contributed by atoms with Crippen LogP contribution in [0, 0.1) is 11.7 Å². The van der Waals surface area contributed by atoms with Crippen molar-refractivity contribution >= 4 is 34.9 Å². The topological polar surface area (TPSA) is 110 Å². The molecule has 2 heterocycles. The van der Waals surface area contributed by atoms with Crippen molar-refractivity contribution in [3.8, 4) is 11.3 Å². The number of hydrogen-bond donors (Lipinski definition) is 3. The lowest BCUT2D eigenvalue weighted by atomic mass is 9.97. The van der Waals surface area contributed by atoms with Crippen molar-refractivity contribution in [3.05, 3.63) is 66.5 Å². The van der Waals surface area contributed by atoms with E-state index in [-0.39, 0.29) is 17.6 Å². The molecule has 4 N–H and O–H groups in total. The molecule has 2 aromatic carbocycles. The number of aromatic nitrogens is 1. The van der Waals surface area contributed by atoms with E-state index in [1.165, 1.54) is 19.2 Å². The van der Waals surface area contributed by atoms with Crippen LogP contribution in [0.4, 0.5) is 32.1 Å². The first kappa shape index (κ1) is 23.0. The first-order chi connectivity index (χ1) is 16.4. The number of nitrogens with two attached hydrogens (primary N) is 1. The number of carbonyl (C=O) groups excluding carboxylic acids is 2. The third-order valence-electron chi connectivity index (χ3n) is 5.79. The Morgan fingerprint density at radius 2 is 1.82 bits per heavy atom. The van der Waals surface area contributed by atoms with E-state index in [0.29, 0.717) is 43.1 Å². The maximum absolute atomic E-state index is 14.8. The Balaban J connectivity index is 1.41. The van der Waals surface area contributed by atoms with Crippen LogP contribution in [0.2, 0.25) is 0 Å². The second kappa shape index (κ2) is 10.2. The highest BCUT2D eigenvalue weighted by Crippen LogP contribution is 2.28. The van der Waals surface area contributed by atoms with Crippen molar-refractivity contribution in [3.63, 3.8) is 0 Å². The molecule has 1 saturated heterocycles. The number of benzene rings is 2. The van der Waals surface area contributed by atoms with Gasteiger partial charge in [0.2, 0.25) is 0 Å². The number of hydrogen-bond acceptors (Lipinski definition) is 6. The molecule has 8 nitrogen and oxygen atoms in total. The number of nitrogen functional groups attached to an aromatic ring is 1. The molecule has 0 bridgehead atoms. The number of carbonyl (C=O) groups is 2. The first-order valence-electron chi connectivity index (χ1n) is 11.0. The van der Waals surface area contributed by atoms with E-state index in [1.54, 1.807) is 17.0 Å². The van der Waals surface area contributed by atoms with Gasteiger partial charge in [-0.05, 0) is 43.2 Å². The van der Waals surface area contributed by atoms with Gasteiger partial charge in [-0.15, -0.1) is 0 Å². The number of urea groups is 1. The number of piperidine rings is 1. The Labute approximate surface area is 196 Å². The minimum Gasteiger partial charge on any atom is -0.469 e. The van der Waals surface area contributed by atoms with E-state index in [9.17, 15) is 14.0 Å². The zero-order valence-electron chi connectivity index (χ0n) is 18.8. The lowest BCUT2D eigenvalue weighted by molar-refractivity contribution is -0.146. The van der Waals surface area contributed by atoms with E-state index in [4.69, 9.17) is 10.5 Å². The van der Waals surface area contributed by atoms with Gasteiger partial charge in [0.1, 0.15) is 5.82 Å². The number of esters is 1. The van der Waals surface area contributed by atoms with E-state index in [2.05, 4.69) is 15.6 Å². The number of ether oxygens (including phenoxy) is 1. The number of anilines is 4. The molecule has 3 aromatic rings. The summed E-state index contributed by atoms with van der Waals surface area (Å²) in [5.74, 6) is -0.664. The average Bonchev–Trinajstić information content (AvgIpc) is 2.87. The zero-order valence-corrected chi connectivity index (χ0v) is 18.8. The molecule has 9 heteroatoms. The maximum Gasteiger partial charge on any atom is 0.321 e. The van der Waals surface area contributed by atoms with Gasteiger partial charge in [-0.25, -0.2) is 14.2 Å². The number of likely N-dealkylation sites (tertiary alicyclic amines) is 1. The van der Waals surface area contributed by atoms with E-state index >= 15 is 0 Å². The van der Waals surface area contributed by atoms with Crippen LogP contribution in [-0.2, 0) is 9.53 Å². The van der Waals surface area contributed by atoms with Crippen molar-refractivity contribution < 1.29 is 18.7 Å². The maximum atomic E-state index is 14.8. The molecule has 0 unspecified atom stereocenters. The van der Waals surface area contributed by atoms with Crippen LogP contribution < -0.4 is 16.4 Å². The average molecular weight is 464 g/mol.